The summed E-state index contributed by atoms with van der Waals surface area (Å²) < 4.78 is 15.0. The highest BCUT2D eigenvalue weighted by atomic mass is 19.1. The first kappa shape index (κ1) is 18.8. The monoisotopic (exact) mass is 406 g/mol. The molecule has 2 fully saturated rings. The first-order valence-electron chi connectivity index (χ1n) is 10.3. The van der Waals surface area contributed by atoms with Gasteiger partial charge in [-0.25, -0.2) is 9.37 Å². The van der Waals surface area contributed by atoms with E-state index in [1.807, 2.05) is 38.6 Å². The fourth-order valence-corrected chi connectivity index (χ4v) is 4.34. The van der Waals surface area contributed by atoms with Crippen molar-refractivity contribution in [1.82, 2.24) is 19.4 Å². The molecule has 154 valence electrons. The zero-order chi connectivity index (χ0) is 20.7. The second-order valence-corrected chi connectivity index (χ2v) is 8.07. The number of benzene rings is 2. The van der Waals surface area contributed by atoms with Gasteiger partial charge in [-0.1, -0.05) is 24.3 Å². The van der Waals surface area contributed by atoms with E-state index in [2.05, 4.69) is 4.98 Å². The highest BCUT2D eigenvalue weighted by Crippen LogP contribution is 2.48. The van der Waals surface area contributed by atoms with E-state index in [-0.39, 0.29) is 36.0 Å². The van der Waals surface area contributed by atoms with Crippen LogP contribution < -0.4 is 0 Å². The van der Waals surface area contributed by atoms with Gasteiger partial charge >= 0.3 is 0 Å². The van der Waals surface area contributed by atoms with E-state index >= 15 is 0 Å². The topological polar surface area (TPSA) is 58.4 Å². The molecule has 1 aliphatic carbocycles. The van der Waals surface area contributed by atoms with Crippen LogP contribution in [-0.4, -0.2) is 57.3 Å². The maximum absolute atomic E-state index is 13.1. The minimum Gasteiger partial charge on any atom is -0.339 e. The van der Waals surface area contributed by atoms with E-state index in [9.17, 15) is 14.0 Å². The molecule has 1 aliphatic heterocycles. The van der Waals surface area contributed by atoms with Crippen LogP contribution in [0.5, 0.6) is 0 Å². The molecule has 6 nitrogen and oxygen atoms in total. The number of para-hydroxylation sites is 2. The van der Waals surface area contributed by atoms with Crippen LogP contribution in [0.4, 0.5) is 4.39 Å². The Morgan fingerprint density at radius 3 is 2.43 bits per heavy atom. The van der Waals surface area contributed by atoms with Crippen LogP contribution in [-0.2, 0) is 16.1 Å². The Bertz CT molecular complexity index is 1090. The van der Waals surface area contributed by atoms with Crippen molar-refractivity contribution in [3.63, 3.8) is 0 Å². The molecule has 2 aromatic carbocycles. The number of nitrogens with zero attached hydrogens (tertiary/aromatic N) is 4. The number of hydrogen-bond acceptors (Lipinski definition) is 3. The van der Waals surface area contributed by atoms with Gasteiger partial charge in [0.2, 0.25) is 11.8 Å². The van der Waals surface area contributed by atoms with E-state index in [1.54, 1.807) is 18.5 Å². The normalized spacial score (nSPS) is 21.1. The van der Waals surface area contributed by atoms with E-state index in [0.717, 1.165) is 23.0 Å². The highest BCUT2D eigenvalue weighted by molar-refractivity contribution is 5.84. The Morgan fingerprint density at radius 1 is 0.967 bits per heavy atom. The SMILES string of the molecule is O=C(Cn1cnc2ccccc21)N1CCN(C(=O)C2CC2c2ccc(F)cc2)CC1. The zero-order valence-electron chi connectivity index (χ0n) is 16.6. The number of halogens is 1. The van der Waals surface area contributed by atoms with Crippen molar-refractivity contribution < 1.29 is 14.0 Å². The summed E-state index contributed by atoms with van der Waals surface area (Å²) >= 11 is 0. The number of rotatable bonds is 4. The van der Waals surface area contributed by atoms with Gasteiger partial charge in [0.1, 0.15) is 12.4 Å². The van der Waals surface area contributed by atoms with Crippen LogP contribution in [0.2, 0.25) is 0 Å². The number of hydrogen-bond donors (Lipinski definition) is 0. The Kier molecular flexibility index (Phi) is 4.73. The lowest BCUT2D eigenvalue weighted by atomic mass is 10.1. The summed E-state index contributed by atoms with van der Waals surface area (Å²) in [5.74, 6) is 0.104. The second kappa shape index (κ2) is 7.55. The van der Waals surface area contributed by atoms with E-state index in [4.69, 9.17) is 0 Å². The van der Waals surface area contributed by atoms with Gasteiger partial charge in [-0.3, -0.25) is 9.59 Å². The van der Waals surface area contributed by atoms with Crippen LogP contribution in [0.15, 0.2) is 54.9 Å². The van der Waals surface area contributed by atoms with Gasteiger partial charge in [-0.2, -0.15) is 0 Å². The molecule has 2 unspecified atom stereocenters. The summed E-state index contributed by atoms with van der Waals surface area (Å²) in [5.41, 5.74) is 2.84. The number of piperazine rings is 1. The van der Waals surface area contributed by atoms with Gasteiger partial charge in [0.25, 0.3) is 0 Å². The average molecular weight is 406 g/mol. The number of aromatic nitrogens is 2. The van der Waals surface area contributed by atoms with Gasteiger partial charge < -0.3 is 14.4 Å². The largest absolute Gasteiger partial charge is 0.339 e. The van der Waals surface area contributed by atoms with Gasteiger partial charge in [-0.15, -0.1) is 0 Å². The fraction of sp³-hybridized carbons (Fsp3) is 0.348. The molecule has 30 heavy (non-hydrogen) atoms. The quantitative estimate of drug-likeness (QED) is 0.669. The Labute approximate surface area is 173 Å². The highest BCUT2D eigenvalue weighted by Gasteiger charge is 2.46. The van der Waals surface area contributed by atoms with Crippen LogP contribution in [0.3, 0.4) is 0 Å². The summed E-state index contributed by atoms with van der Waals surface area (Å²) in [6.45, 7) is 2.46. The zero-order valence-corrected chi connectivity index (χ0v) is 16.6. The number of carbonyl (C=O) groups excluding carboxylic acids is 2. The maximum Gasteiger partial charge on any atom is 0.242 e. The van der Waals surface area contributed by atoms with Crippen LogP contribution >= 0.6 is 0 Å². The van der Waals surface area contributed by atoms with Crippen molar-refractivity contribution in [1.29, 1.82) is 0 Å². The van der Waals surface area contributed by atoms with Crippen molar-refractivity contribution in [2.45, 2.75) is 18.9 Å². The Balaban J connectivity index is 1.15. The molecule has 2 amide bonds. The van der Waals surface area contributed by atoms with Crippen molar-refractivity contribution in [2.75, 3.05) is 26.2 Å². The van der Waals surface area contributed by atoms with Crippen molar-refractivity contribution >= 4 is 22.8 Å². The molecule has 7 heteroatoms. The lowest BCUT2D eigenvalue weighted by molar-refractivity contribution is -0.140. The third-order valence-corrected chi connectivity index (χ3v) is 6.18. The van der Waals surface area contributed by atoms with Crippen molar-refractivity contribution in [3.05, 3.63) is 66.2 Å². The lowest BCUT2D eigenvalue weighted by Gasteiger charge is -2.35. The molecular weight excluding hydrogens is 383 g/mol. The van der Waals surface area contributed by atoms with Crippen molar-refractivity contribution in [2.24, 2.45) is 5.92 Å². The van der Waals surface area contributed by atoms with Gasteiger partial charge in [0, 0.05) is 32.1 Å². The number of imidazole rings is 1. The summed E-state index contributed by atoms with van der Waals surface area (Å²) in [7, 11) is 0. The smallest absolute Gasteiger partial charge is 0.242 e. The molecule has 0 spiro atoms. The molecule has 0 radical (unpaired) electrons. The molecule has 2 atom stereocenters. The number of amides is 2. The molecule has 0 bridgehead atoms. The third-order valence-electron chi connectivity index (χ3n) is 6.18. The van der Waals surface area contributed by atoms with E-state index in [0.29, 0.717) is 26.2 Å². The molecule has 5 rings (SSSR count). The first-order chi connectivity index (χ1) is 14.6. The third kappa shape index (κ3) is 3.56. The van der Waals surface area contributed by atoms with Gasteiger partial charge in [-0.05, 0) is 42.2 Å². The summed E-state index contributed by atoms with van der Waals surface area (Å²) in [5, 5.41) is 0. The first-order valence-corrected chi connectivity index (χ1v) is 10.3. The van der Waals surface area contributed by atoms with E-state index in [1.165, 1.54) is 12.1 Å². The predicted molar refractivity (Wildman–Crippen MR) is 110 cm³/mol. The number of carbonyl (C=O) groups is 2. The van der Waals surface area contributed by atoms with Gasteiger partial charge in [0.05, 0.1) is 17.4 Å². The average Bonchev–Trinajstić information content (AvgIpc) is 3.48. The van der Waals surface area contributed by atoms with Crippen molar-refractivity contribution in [3.8, 4) is 0 Å². The molecule has 2 aliphatic rings. The molecular formula is C23H23FN4O2. The molecule has 1 aromatic heterocycles. The van der Waals surface area contributed by atoms with Crippen LogP contribution in [0.25, 0.3) is 11.0 Å². The second-order valence-electron chi connectivity index (χ2n) is 8.07. The summed E-state index contributed by atoms with van der Waals surface area (Å²) in [6.07, 6.45) is 2.52. The van der Waals surface area contributed by atoms with Gasteiger partial charge in [0.15, 0.2) is 0 Å². The molecule has 3 aromatic rings. The van der Waals surface area contributed by atoms with Crippen LogP contribution in [0.1, 0.15) is 17.9 Å². The standard InChI is InChI=1S/C23H23FN4O2/c24-17-7-5-16(6-8-17)18-13-19(18)23(30)27-11-9-26(10-12-27)22(29)14-28-15-25-20-3-1-2-4-21(20)28/h1-8,15,18-19H,9-14H2. The summed E-state index contributed by atoms with van der Waals surface area (Å²) in [4.78, 5) is 33.6. The lowest BCUT2D eigenvalue weighted by Crippen LogP contribution is -2.51. The summed E-state index contributed by atoms with van der Waals surface area (Å²) in [6, 6.07) is 14.2. The van der Waals surface area contributed by atoms with E-state index < -0.39 is 0 Å². The number of fused-ring (bicyclic) bond motifs is 1. The molecule has 2 heterocycles. The predicted octanol–water partition coefficient (Wildman–Crippen LogP) is 2.65. The minimum absolute atomic E-state index is 0.0185. The Hall–Kier alpha value is -3.22. The molecule has 1 saturated heterocycles. The minimum atomic E-state index is -0.258. The maximum atomic E-state index is 13.1. The molecule has 1 saturated carbocycles. The van der Waals surface area contributed by atoms with Crippen LogP contribution in [0, 0.1) is 11.7 Å². The molecule has 0 N–H and O–H groups in total. The fourth-order valence-electron chi connectivity index (χ4n) is 4.34. The Morgan fingerprint density at radius 2 is 1.67 bits per heavy atom.